The van der Waals surface area contributed by atoms with E-state index < -0.39 is 5.92 Å². The van der Waals surface area contributed by atoms with Crippen LogP contribution in [0.5, 0.6) is 0 Å². The molecule has 2 unspecified atom stereocenters. The molecule has 3 heteroatoms. The summed E-state index contributed by atoms with van der Waals surface area (Å²) in [5, 5.41) is 16.6. The van der Waals surface area contributed by atoms with E-state index in [-0.39, 0.29) is 5.92 Å². The second kappa shape index (κ2) is 4.52. The van der Waals surface area contributed by atoms with Gasteiger partial charge in [-0.15, -0.1) is 0 Å². The molecule has 0 spiro atoms. The molecule has 0 rings (SSSR count). The van der Waals surface area contributed by atoms with E-state index >= 15 is 0 Å². The van der Waals surface area contributed by atoms with Crippen LogP contribution in [0.15, 0.2) is 0 Å². The standard InChI is InChI=1S/C7H8N2O/c1-6(3-8)2-7(4-9)5-10/h5-7H,2H2,1H3. The third kappa shape index (κ3) is 2.84. The van der Waals surface area contributed by atoms with E-state index in [0.717, 1.165) is 0 Å². The molecule has 0 saturated heterocycles. The van der Waals surface area contributed by atoms with Crippen LogP contribution < -0.4 is 0 Å². The zero-order valence-corrected chi connectivity index (χ0v) is 5.74. The monoisotopic (exact) mass is 136 g/mol. The van der Waals surface area contributed by atoms with Gasteiger partial charge in [0.2, 0.25) is 0 Å². The molecule has 0 aliphatic heterocycles. The minimum Gasteiger partial charge on any atom is -0.302 e. The Bertz CT molecular complexity index is 187. The van der Waals surface area contributed by atoms with Gasteiger partial charge in [0.25, 0.3) is 0 Å². The van der Waals surface area contributed by atoms with Gasteiger partial charge in [0.1, 0.15) is 12.2 Å². The lowest BCUT2D eigenvalue weighted by atomic mass is 10.00. The lowest BCUT2D eigenvalue weighted by Gasteiger charge is -2.00. The van der Waals surface area contributed by atoms with Gasteiger partial charge in [-0.2, -0.15) is 10.5 Å². The Labute approximate surface area is 59.9 Å². The maximum absolute atomic E-state index is 10.1. The Morgan fingerprint density at radius 3 is 2.40 bits per heavy atom. The Morgan fingerprint density at radius 2 is 2.10 bits per heavy atom. The van der Waals surface area contributed by atoms with Gasteiger partial charge in [0.05, 0.1) is 12.1 Å². The van der Waals surface area contributed by atoms with E-state index in [4.69, 9.17) is 10.5 Å². The highest BCUT2D eigenvalue weighted by molar-refractivity contribution is 5.57. The van der Waals surface area contributed by atoms with Crippen LogP contribution in [0.3, 0.4) is 0 Å². The number of aldehydes is 1. The normalized spacial score (nSPS) is 14.3. The summed E-state index contributed by atoms with van der Waals surface area (Å²) in [4.78, 5) is 10.1. The van der Waals surface area contributed by atoms with Crippen molar-refractivity contribution in [2.75, 3.05) is 0 Å². The second-order valence-corrected chi connectivity index (χ2v) is 2.14. The van der Waals surface area contributed by atoms with Crippen molar-refractivity contribution in [2.24, 2.45) is 11.8 Å². The van der Waals surface area contributed by atoms with Gasteiger partial charge in [-0.3, -0.25) is 0 Å². The molecule has 0 aromatic carbocycles. The van der Waals surface area contributed by atoms with E-state index in [9.17, 15) is 4.79 Å². The Morgan fingerprint density at radius 1 is 1.50 bits per heavy atom. The average Bonchev–Trinajstić information content (AvgIpc) is 1.99. The van der Waals surface area contributed by atoms with E-state index in [0.29, 0.717) is 12.7 Å². The quantitative estimate of drug-likeness (QED) is 0.541. The lowest BCUT2D eigenvalue weighted by Crippen LogP contribution is -2.03. The van der Waals surface area contributed by atoms with Crippen LogP contribution in [-0.2, 0) is 4.79 Å². The van der Waals surface area contributed by atoms with Crippen LogP contribution in [0.2, 0.25) is 0 Å². The number of nitriles is 2. The Kier molecular flexibility index (Phi) is 3.91. The Balaban J connectivity index is 3.79. The first kappa shape index (κ1) is 8.65. The minimum atomic E-state index is -0.616. The molecule has 52 valence electrons. The first-order chi connectivity index (χ1) is 4.74. The SMILES string of the molecule is CC(C#N)CC(C#N)C=O. The summed E-state index contributed by atoms with van der Waals surface area (Å²) in [5.74, 6) is -0.829. The van der Waals surface area contributed by atoms with Crippen LogP contribution in [0.25, 0.3) is 0 Å². The smallest absolute Gasteiger partial charge is 0.137 e. The van der Waals surface area contributed by atoms with Crippen LogP contribution in [-0.4, -0.2) is 6.29 Å². The van der Waals surface area contributed by atoms with Gasteiger partial charge < -0.3 is 4.79 Å². The molecule has 0 amide bonds. The van der Waals surface area contributed by atoms with Crippen molar-refractivity contribution in [3.05, 3.63) is 0 Å². The molecule has 3 nitrogen and oxygen atoms in total. The second-order valence-electron chi connectivity index (χ2n) is 2.14. The highest BCUT2D eigenvalue weighted by Gasteiger charge is 2.09. The highest BCUT2D eigenvalue weighted by atomic mass is 16.1. The number of hydrogen-bond donors (Lipinski definition) is 0. The van der Waals surface area contributed by atoms with Crippen LogP contribution >= 0.6 is 0 Å². The molecular formula is C7H8N2O. The molecule has 0 heterocycles. The molecule has 2 atom stereocenters. The van der Waals surface area contributed by atoms with Gasteiger partial charge >= 0.3 is 0 Å². The largest absolute Gasteiger partial charge is 0.302 e. The summed E-state index contributed by atoms with van der Waals surface area (Å²) in [6.45, 7) is 1.69. The number of nitrogens with zero attached hydrogens (tertiary/aromatic N) is 2. The van der Waals surface area contributed by atoms with Gasteiger partial charge in [0, 0.05) is 5.92 Å². The highest BCUT2D eigenvalue weighted by Crippen LogP contribution is 2.07. The molecule has 0 aromatic rings. The lowest BCUT2D eigenvalue weighted by molar-refractivity contribution is -0.110. The van der Waals surface area contributed by atoms with Gasteiger partial charge in [0.15, 0.2) is 0 Å². The molecule has 0 aromatic heterocycles. The molecule has 0 bridgehead atoms. The van der Waals surface area contributed by atoms with Crippen LogP contribution in [0, 0.1) is 34.5 Å². The molecular weight excluding hydrogens is 128 g/mol. The first-order valence-corrected chi connectivity index (χ1v) is 2.99. The van der Waals surface area contributed by atoms with Crippen LogP contribution in [0.1, 0.15) is 13.3 Å². The summed E-state index contributed by atoms with van der Waals surface area (Å²) in [6, 6.07) is 3.75. The van der Waals surface area contributed by atoms with Crippen molar-refractivity contribution in [2.45, 2.75) is 13.3 Å². The molecule has 10 heavy (non-hydrogen) atoms. The molecule has 0 aliphatic rings. The topological polar surface area (TPSA) is 64.7 Å². The first-order valence-electron chi connectivity index (χ1n) is 2.99. The van der Waals surface area contributed by atoms with E-state index in [2.05, 4.69) is 0 Å². The minimum absolute atomic E-state index is 0.213. The summed E-state index contributed by atoms with van der Waals surface area (Å²) in [5.41, 5.74) is 0. The summed E-state index contributed by atoms with van der Waals surface area (Å²) in [6.07, 6.45) is 0.921. The maximum Gasteiger partial charge on any atom is 0.137 e. The van der Waals surface area contributed by atoms with Crippen molar-refractivity contribution in [1.82, 2.24) is 0 Å². The Hall–Kier alpha value is -1.35. The van der Waals surface area contributed by atoms with Crippen molar-refractivity contribution in [3.8, 4) is 12.1 Å². The van der Waals surface area contributed by atoms with Gasteiger partial charge in [-0.1, -0.05) is 0 Å². The zero-order chi connectivity index (χ0) is 7.98. The van der Waals surface area contributed by atoms with Crippen molar-refractivity contribution >= 4 is 6.29 Å². The third-order valence-electron chi connectivity index (χ3n) is 1.16. The van der Waals surface area contributed by atoms with E-state index in [1.54, 1.807) is 13.0 Å². The van der Waals surface area contributed by atoms with Gasteiger partial charge in [-0.05, 0) is 13.3 Å². The predicted octanol–water partition coefficient (Wildman–Crippen LogP) is 0.875. The summed E-state index contributed by atoms with van der Waals surface area (Å²) in [7, 11) is 0. The maximum atomic E-state index is 10.1. The summed E-state index contributed by atoms with van der Waals surface area (Å²) >= 11 is 0. The third-order valence-corrected chi connectivity index (χ3v) is 1.16. The zero-order valence-electron chi connectivity index (χ0n) is 5.74. The molecule has 0 radical (unpaired) electrons. The number of carbonyl (C=O) groups is 1. The van der Waals surface area contributed by atoms with Crippen molar-refractivity contribution in [3.63, 3.8) is 0 Å². The van der Waals surface area contributed by atoms with E-state index in [1.165, 1.54) is 0 Å². The molecule has 0 aliphatic carbocycles. The average molecular weight is 136 g/mol. The fourth-order valence-corrected chi connectivity index (χ4v) is 0.572. The summed E-state index contributed by atoms with van der Waals surface area (Å²) < 4.78 is 0. The number of rotatable bonds is 3. The molecule has 0 fully saturated rings. The van der Waals surface area contributed by atoms with Crippen molar-refractivity contribution < 1.29 is 4.79 Å². The molecule has 0 saturated carbocycles. The number of hydrogen-bond acceptors (Lipinski definition) is 3. The van der Waals surface area contributed by atoms with E-state index in [1.807, 2.05) is 6.07 Å². The predicted molar refractivity (Wildman–Crippen MR) is 34.6 cm³/mol. The fourth-order valence-electron chi connectivity index (χ4n) is 0.572. The van der Waals surface area contributed by atoms with Crippen molar-refractivity contribution in [1.29, 1.82) is 10.5 Å². The number of carbonyl (C=O) groups excluding carboxylic acids is 1. The molecule has 0 N–H and O–H groups in total. The van der Waals surface area contributed by atoms with Crippen LogP contribution in [0.4, 0.5) is 0 Å². The fraction of sp³-hybridized carbons (Fsp3) is 0.571. The van der Waals surface area contributed by atoms with Gasteiger partial charge in [-0.25, -0.2) is 0 Å².